The van der Waals surface area contributed by atoms with Crippen molar-refractivity contribution in [2.24, 2.45) is 0 Å². The third-order valence-electron chi connectivity index (χ3n) is 2.94. The molecule has 20 heavy (non-hydrogen) atoms. The summed E-state index contributed by atoms with van der Waals surface area (Å²) in [5.41, 5.74) is -0.374. The molecule has 0 saturated heterocycles. The van der Waals surface area contributed by atoms with Gasteiger partial charge in [-0.2, -0.15) is 0 Å². The summed E-state index contributed by atoms with van der Waals surface area (Å²) in [6.07, 6.45) is 1.07. The van der Waals surface area contributed by atoms with Gasteiger partial charge in [0, 0.05) is 13.1 Å². The maximum Gasteiger partial charge on any atom is 0.270 e. The van der Waals surface area contributed by atoms with Crippen LogP contribution < -0.4 is 0 Å². The summed E-state index contributed by atoms with van der Waals surface area (Å²) in [5, 5.41) is 0. The number of nitrogens with zero attached hydrogens (tertiary/aromatic N) is 1. The van der Waals surface area contributed by atoms with E-state index in [0.717, 1.165) is 13.1 Å². The summed E-state index contributed by atoms with van der Waals surface area (Å²) in [5.74, 6) is -3.04. The van der Waals surface area contributed by atoms with Gasteiger partial charge in [-0.15, -0.1) is 0 Å². The van der Waals surface area contributed by atoms with Crippen molar-refractivity contribution >= 4 is 15.9 Å². The maximum atomic E-state index is 13.6. The second-order valence-electron chi connectivity index (χ2n) is 4.52. The number of sulfonamides is 1. The summed E-state index contributed by atoms with van der Waals surface area (Å²) in [4.78, 5) is 12.0. The van der Waals surface area contributed by atoms with Crippen molar-refractivity contribution in [2.75, 3.05) is 12.8 Å². The van der Waals surface area contributed by atoms with Crippen LogP contribution in [-0.2, 0) is 10.0 Å². The number of unbranched alkanes of at least 4 members (excludes halogenated alkanes) is 1. The lowest BCUT2D eigenvalue weighted by molar-refractivity contribution is 0.0878. The quantitative estimate of drug-likeness (QED) is 0.840. The van der Waals surface area contributed by atoms with Crippen molar-refractivity contribution in [1.29, 1.82) is 0 Å². The zero-order valence-corrected chi connectivity index (χ0v) is 12.4. The van der Waals surface area contributed by atoms with Crippen LogP contribution in [0.15, 0.2) is 12.1 Å². The Labute approximate surface area is 117 Å². The fourth-order valence-electron chi connectivity index (χ4n) is 1.58. The van der Waals surface area contributed by atoms with Crippen LogP contribution in [0.25, 0.3) is 0 Å². The molecular formula is C13H17F2NO3S. The fraction of sp³-hybridized carbons (Fsp3) is 0.462. The standard InChI is InChI=1S/C13H17F2NO3S/c1-4-5-6-20(18,19)16(3)13(17)10-7-9(2)11(14)8-12(10)15/h7-8H,4-6H2,1-3H3. The predicted octanol–water partition coefficient (Wildman–Crippen LogP) is 2.48. The van der Waals surface area contributed by atoms with Crippen molar-refractivity contribution < 1.29 is 22.0 Å². The van der Waals surface area contributed by atoms with Gasteiger partial charge in [-0.3, -0.25) is 4.79 Å². The van der Waals surface area contributed by atoms with Gasteiger partial charge in [0.2, 0.25) is 10.0 Å². The second kappa shape index (κ2) is 6.30. The predicted molar refractivity (Wildman–Crippen MR) is 71.9 cm³/mol. The lowest BCUT2D eigenvalue weighted by atomic mass is 10.1. The Kier molecular flexibility index (Phi) is 5.21. The molecule has 0 bridgehead atoms. The maximum absolute atomic E-state index is 13.6. The van der Waals surface area contributed by atoms with Crippen LogP contribution in [0.3, 0.4) is 0 Å². The molecule has 112 valence electrons. The van der Waals surface area contributed by atoms with E-state index in [2.05, 4.69) is 0 Å². The van der Waals surface area contributed by atoms with E-state index >= 15 is 0 Å². The molecule has 1 amide bonds. The molecule has 0 radical (unpaired) electrons. The highest BCUT2D eigenvalue weighted by molar-refractivity contribution is 7.89. The highest BCUT2D eigenvalue weighted by Crippen LogP contribution is 2.17. The van der Waals surface area contributed by atoms with Crippen LogP contribution in [0.5, 0.6) is 0 Å². The molecule has 0 aliphatic rings. The Balaban J connectivity index is 3.09. The number of aryl methyl sites for hydroxylation is 1. The zero-order valence-electron chi connectivity index (χ0n) is 11.6. The number of hydrogen-bond acceptors (Lipinski definition) is 3. The van der Waals surface area contributed by atoms with Gasteiger partial charge in [0.25, 0.3) is 5.91 Å². The molecular weight excluding hydrogens is 288 g/mol. The van der Waals surface area contributed by atoms with Gasteiger partial charge in [-0.25, -0.2) is 21.5 Å². The van der Waals surface area contributed by atoms with Crippen molar-refractivity contribution in [3.05, 3.63) is 34.9 Å². The average Bonchev–Trinajstić information content (AvgIpc) is 2.39. The third kappa shape index (κ3) is 3.53. The molecule has 0 aliphatic heterocycles. The molecule has 1 rings (SSSR count). The summed E-state index contributed by atoms with van der Waals surface area (Å²) in [6, 6.07) is 1.59. The minimum absolute atomic E-state index is 0.0779. The number of benzene rings is 1. The highest BCUT2D eigenvalue weighted by Gasteiger charge is 2.26. The van der Waals surface area contributed by atoms with Crippen molar-refractivity contribution in [3.8, 4) is 0 Å². The molecule has 0 unspecified atom stereocenters. The Morgan fingerprint density at radius 3 is 2.40 bits per heavy atom. The van der Waals surface area contributed by atoms with Crippen LogP contribution in [0.2, 0.25) is 0 Å². The molecule has 0 atom stereocenters. The molecule has 0 heterocycles. The Hall–Kier alpha value is -1.50. The number of halogens is 2. The van der Waals surface area contributed by atoms with Crippen molar-refractivity contribution in [3.63, 3.8) is 0 Å². The van der Waals surface area contributed by atoms with E-state index in [1.807, 2.05) is 6.92 Å². The van der Waals surface area contributed by atoms with E-state index in [1.54, 1.807) is 0 Å². The van der Waals surface area contributed by atoms with E-state index in [9.17, 15) is 22.0 Å². The summed E-state index contributed by atoms with van der Waals surface area (Å²) < 4.78 is 51.0. The monoisotopic (exact) mass is 305 g/mol. The minimum atomic E-state index is -3.79. The topological polar surface area (TPSA) is 54.5 Å². The van der Waals surface area contributed by atoms with E-state index in [0.29, 0.717) is 23.2 Å². The van der Waals surface area contributed by atoms with Gasteiger partial charge in [-0.1, -0.05) is 13.3 Å². The molecule has 0 N–H and O–H groups in total. The minimum Gasteiger partial charge on any atom is -0.268 e. The van der Waals surface area contributed by atoms with Crippen molar-refractivity contribution in [2.45, 2.75) is 26.7 Å². The molecule has 0 saturated carbocycles. The van der Waals surface area contributed by atoms with Crippen molar-refractivity contribution in [1.82, 2.24) is 4.31 Å². The van der Waals surface area contributed by atoms with Gasteiger partial charge in [0.15, 0.2) is 0 Å². The normalized spacial score (nSPS) is 11.4. The van der Waals surface area contributed by atoms with Crippen LogP contribution in [-0.4, -0.2) is 31.4 Å². The van der Waals surface area contributed by atoms with Gasteiger partial charge in [-0.05, 0) is 25.0 Å². The van der Waals surface area contributed by atoms with Crippen LogP contribution in [0, 0.1) is 18.6 Å². The second-order valence-corrected chi connectivity index (χ2v) is 6.64. The van der Waals surface area contributed by atoms with Crippen LogP contribution in [0.4, 0.5) is 8.78 Å². The number of hydrogen-bond donors (Lipinski definition) is 0. The highest BCUT2D eigenvalue weighted by atomic mass is 32.2. The fourth-order valence-corrected chi connectivity index (χ4v) is 2.86. The Morgan fingerprint density at radius 2 is 1.85 bits per heavy atom. The average molecular weight is 305 g/mol. The third-order valence-corrected chi connectivity index (χ3v) is 4.74. The summed E-state index contributed by atoms with van der Waals surface area (Å²) >= 11 is 0. The molecule has 0 spiro atoms. The van der Waals surface area contributed by atoms with E-state index in [1.165, 1.54) is 6.92 Å². The number of rotatable bonds is 5. The molecule has 0 aliphatic carbocycles. The number of carbonyl (C=O) groups excluding carboxylic acids is 1. The Bertz CT molecular complexity index is 614. The van der Waals surface area contributed by atoms with E-state index in [-0.39, 0.29) is 11.3 Å². The largest absolute Gasteiger partial charge is 0.270 e. The van der Waals surface area contributed by atoms with Crippen LogP contribution >= 0.6 is 0 Å². The van der Waals surface area contributed by atoms with Crippen LogP contribution in [0.1, 0.15) is 35.7 Å². The lowest BCUT2D eigenvalue weighted by Crippen LogP contribution is -2.35. The lowest BCUT2D eigenvalue weighted by Gasteiger charge is -2.18. The molecule has 4 nitrogen and oxygen atoms in total. The molecule has 1 aromatic carbocycles. The van der Waals surface area contributed by atoms with Gasteiger partial charge in [0.05, 0.1) is 11.3 Å². The van der Waals surface area contributed by atoms with E-state index < -0.39 is 33.1 Å². The van der Waals surface area contributed by atoms with Gasteiger partial charge in [0.1, 0.15) is 11.6 Å². The SMILES string of the molecule is CCCCS(=O)(=O)N(C)C(=O)c1cc(C)c(F)cc1F. The Morgan fingerprint density at radius 1 is 1.25 bits per heavy atom. The number of carbonyl (C=O) groups is 1. The molecule has 7 heteroatoms. The van der Waals surface area contributed by atoms with E-state index in [4.69, 9.17) is 0 Å². The first-order chi connectivity index (χ1) is 9.20. The smallest absolute Gasteiger partial charge is 0.268 e. The van der Waals surface area contributed by atoms with Gasteiger partial charge >= 0.3 is 0 Å². The summed E-state index contributed by atoms with van der Waals surface area (Å²) in [7, 11) is -2.71. The first-order valence-corrected chi connectivity index (χ1v) is 7.78. The first kappa shape index (κ1) is 16.6. The van der Waals surface area contributed by atoms with Gasteiger partial charge < -0.3 is 0 Å². The number of amides is 1. The molecule has 1 aromatic rings. The first-order valence-electron chi connectivity index (χ1n) is 6.17. The molecule has 0 fully saturated rings. The zero-order chi connectivity index (χ0) is 15.5. The molecule has 0 aromatic heterocycles. The summed E-state index contributed by atoms with van der Waals surface area (Å²) in [6.45, 7) is 3.19.